The molecule has 0 aromatic carbocycles. The Labute approximate surface area is 89.9 Å². The van der Waals surface area contributed by atoms with E-state index in [9.17, 15) is 5.11 Å². The lowest BCUT2D eigenvalue weighted by atomic mass is 9.86. The van der Waals surface area contributed by atoms with Gasteiger partial charge in [0.1, 0.15) is 0 Å². The smallest absolute Gasteiger partial charge is 0.0588 e. The van der Waals surface area contributed by atoms with Gasteiger partial charge in [0.05, 0.1) is 6.10 Å². The normalized spacial score (nSPS) is 14.4. The molecule has 0 fully saturated rings. The van der Waals surface area contributed by atoms with Crippen LogP contribution < -0.4 is 0 Å². The van der Waals surface area contributed by atoms with Crippen LogP contribution in [0.2, 0.25) is 0 Å². The number of aliphatic hydroxyl groups is 1. The molecule has 0 aromatic rings. The Morgan fingerprint density at radius 1 is 0.929 bits per heavy atom. The Bertz CT molecular complexity index is 124. The number of aliphatic hydroxyl groups excluding tert-OH is 1. The molecule has 0 aliphatic carbocycles. The van der Waals surface area contributed by atoms with Gasteiger partial charge in [-0.05, 0) is 11.8 Å². The Balaban J connectivity index is 3.28. The van der Waals surface area contributed by atoms with Crippen LogP contribution >= 0.6 is 0 Å². The van der Waals surface area contributed by atoms with Gasteiger partial charge in [-0.1, -0.05) is 66.2 Å². The van der Waals surface area contributed by atoms with Gasteiger partial charge in [-0.3, -0.25) is 0 Å². The molecule has 1 heteroatoms. The molecule has 0 aliphatic heterocycles. The minimum absolute atomic E-state index is 0.0589. The first kappa shape index (κ1) is 14.0. The van der Waals surface area contributed by atoms with E-state index < -0.39 is 0 Å². The lowest BCUT2D eigenvalue weighted by Gasteiger charge is -2.25. The van der Waals surface area contributed by atoms with Crippen LogP contribution in [0.4, 0.5) is 0 Å². The van der Waals surface area contributed by atoms with E-state index in [4.69, 9.17) is 0 Å². The highest BCUT2D eigenvalue weighted by Crippen LogP contribution is 2.23. The molecule has 0 bridgehead atoms. The predicted octanol–water partition coefficient (Wildman–Crippen LogP) is 4.14. The number of rotatable bonds is 7. The summed E-state index contributed by atoms with van der Waals surface area (Å²) in [4.78, 5) is 0. The van der Waals surface area contributed by atoms with Crippen molar-refractivity contribution in [1.29, 1.82) is 0 Å². The van der Waals surface area contributed by atoms with Crippen molar-refractivity contribution in [3.8, 4) is 0 Å². The van der Waals surface area contributed by atoms with E-state index in [0.29, 0.717) is 0 Å². The first-order chi connectivity index (χ1) is 6.48. The summed E-state index contributed by atoms with van der Waals surface area (Å²) in [6, 6.07) is 0. The first-order valence-corrected chi connectivity index (χ1v) is 6.16. The zero-order valence-corrected chi connectivity index (χ0v) is 10.5. The Morgan fingerprint density at radius 3 is 1.93 bits per heavy atom. The fourth-order valence-electron chi connectivity index (χ4n) is 1.55. The lowest BCUT2D eigenvalue weighted by molar-refractivity contribution is 0.0533. The van der Waals surface area contributed by atoms with Crippen molar-refractivity contribution in [3.63, 3.8) is 0 Å². The van der Waals surface area contributed by atoms with Gasteiger partial charge in [-0.2, -0.15) is 0 Å². The Hall–Kier alpha value is -0.0400. The van der Waals surface area contributed by atoms with E-state index in [1.54, 1.807) is 0 Å². The molecule has 0 saturated carbocycles. The third-order valence-electron chi connectivity index (χ3n) is 2.83. The Kier molecular flexibility index (Phi) is 7.26. The largest absolute Gasteiger partial charge is 0.393 e. The van der Waals surface area contributed by atoms with Crippen molar-refractivity contribution in [1.82, 2.24) is 0 Å². The molecule has 0 aromatic heterocycles. The summed E-state index contributed by atoms with van der Waals surface area (Å²) in [5.41, 5.74) is 0.0589. The minimum Gasteiger partial charge on any atom is -0.393 e. The molecule has 0 amide bonds. The average Bonchev–Trinajstić information content (AvgIpc) is 2.09. The van der Waals surface area contributed by atoms with E-state index in [1.807, 2.05) is 0 Å². The molecule has 0 aliphatic rings. The summed E-state index contributed by atoms with van der Waals surface area (Å²) in [7, 11) is 0. The van der Waals surface area contributed by atoms with Crippen molar-refractivity contribution < 1.29 is 5.11 Å². The van der Waals surface area contributed by atoms with Crippen molar-refractivity contribution in [3.05, 3.63) is 0 Å². The van der Waals surface area contributed by atoms with E-state index in [1.165, 1.54) is 38.5 Å². The van der Waals surface area contributed by atoms with Gasteiger partial charge in [0, 0.05) is 0 Å². The molecule has 1 N–H and O–H groups in total. The number of unbranched alkanes of at least 4 members (excludes halogenated alkanes) is 5. The zero-order valence-electron chi connectivity index (χ0n) is 10.5. The maximum Gasteiger partial charge on any atom is 0.0588 e. The van der Waals surface area contributed by atoms with Crippen molar-refractivity contribution in [2.75, 3.05) is 0 Å². The molecule has 1 atom stereocenters. The van der Waals surface area contributed by atoms with E-state index in [-0.39, 0.29) is 11.5 Å². The summed E-state index contributed by atoms with van der Waals surface area (Å²) >= 11 is 0. The third-order valence-corrected chi connectivity index (χ3v) is 2.83. The Morgan fingerprint density at radius 2 is 1.43 bits per heavy atom. The lowest BCUT2D eigenvalue weighted by Crippen LogP contribution is -2.25. The van der Waals surface area contributed by atoms with Crippen LogP contribution in [-0.4, -0.2) is 11.2 Å². The highest BCUT2D eigenvalue weighted by molar-refractivity contribution is 4.72. The first-order valence-electron chi connectivity index (χ1n) is 6.16. The summed E-state index contributed by atoms with van der Waals surface area (Å²) in [6.45, 7) is 8.56. The summed E-state index contributed by atoms with van der Waals surface area (Å²) in [5.74, 6) is 0. The zero-order chi connectivity index (χ0) is 11.0. The van der Waals surface area contributed by atoms with Crippen LogP contribution in [0.1, 0.15) is 72.6 Å². The monoisotopic (exact) mass is 200 g/mol. The molecule has 0 spiro atoms. The maximum absolute atomic E-state index is 9.79. The van der Waals surface area contributed by atoms with Gasteiger partial charge in [-0.15, -0.1) is 0 Å². The molecule has 1 unspecified atom stereocenters. The van der Waals surface area contributed by atoms with E-state index in [0.717, 1.165) is 6.42 Å². The van der Waals surface area contributed by atoms with Gasteiger partial charge in [-0.25, -0.2) is 0 Å². The topological polar surface area (TPSA) is 20.2 Å². The molecule has 0 saturated heterocycles. The second-order valence-electron chi connectivity index (χ2n) is 5.44. The molecule has 86 valence electrons. The van der Waals surface area contributed by atoms with Gasteiger partial charge >= 0.3 is 0 Å². The van der Waals surface area contributed by atoms with Gasteiger partial charge in [0.2, 0.25) is 0 Å². The molecule has 0 heterocycles. The molecule has 0 rings (SSSR count). The summed E-state index contributed by atoms with van der Waals surface area (Å²) in [6.07, 6.45) is 8.68. The van der Waals surface area contributed by atoms with Crippen LogP contribution in [-0.2, 0) is 0 Å². The molecule has 14 heavy (non-hydrogen) atoms. The van der Waals surface area contributed by atoms with Crippen LogP contribution in [0.3, 0.4) is 0 Å². The molecular formula is C13H28O. The van der Waals surface area contributed by atoms with Crippen molar-refractivity contribution in [2.45, 2.75) is 78.7 Å². The van der Waals surface area contributed by atoms with Gasteiger partial charge < -0.3 is 5.11 Å². The van der Waals surface area contributed by atoms with Crippen LogP contribution in [0.15, 0.2) is 0 Å². The maximum atomic E-state index is 9.79. The summed E-state index contributed by atoms with van der Waals surface area (Å²) in [5, 5.41) is 9.79. The number of hydrogen-bond donors (Lipinski definition) is 1. The quantitative estimate of drug-likeness (QED) is 0.612. The third kappa shape index (κ3) is 7.37. The predicted molar refractivity (Wildman–Crippen MR) is 63.5 cm³/mol. The minimum atomic E-state index is -0.131. The SMILES string of the molecule is CCCCCCCCC(O)C(C)(C)C. The van der Waals surface area contributed by atoms with E-state index >= 15 is 0 Å². The highest BCUT2D eigenvalue weighted by atomic mass is 16.3. The highest BCUT2D eigenvalue weighted by Gasteiger charge is 2.20. The van der Waals surface area contributed by atoms with E-state index in [2.05, 4.69) is 27.7 Å². The van der Waals surface area contributed by atoms with Crippen molar-refractivity contribution >= 4 is 0 Å². The number of hydrogen-bond acceptors (Lipinski definition) is 1. The van der Waals surface area contributed by atoms with Crippen LogP contribution in [0.25, 0.3) is 0 Å². The standard InChI is InChI=1S/C13H28O/c1-5-6-7-8-9-10-11-12(14)13(2,3)4/h12,14H,5-11H2,1-4H3. The average molecular weight is 200 g/mol. The second-order valence-corrected chi connectivity index (χ2v) is 5.44. The van der Waals surface area contributed by atoms with Crippen LogP contribution in [0.5, 0.6) is 0 Å². The molecule has 0 radical (unpaired) electrons. The van der Waals surface area contributed by atoms with Crippen molar-refractivity contribution in [2.24, 2.45) is 5.41 Å². The van der Waals surface area contributed by atoms with Gasteiger partial charge in [0.25, 0.3) is 0 Å². The molecule has 1 nitrogen and oxygen atoms in total. The summed E-state index contributed by atoms with van der Waals surface area (Å²) < 4.78 is 0. The molecular weight excluding hydrogens is 172 g/mol. The second kappa shape index (κ2) is 7.28. The fourth-order valence-corrected chi connectivity index (χ4v) is 1.55. The fraction of sp³-hybridized carbons (Fsp3) is 1.00. The van der Waals surface area contributed by atoms with Gasteiger partial charge in [0.15, 0.2) is 0 Å². The van der Waals surface area contributed by atoms with Crippen LogP contribution in [0, 0.1) is 5.41 Å².